The third kappa shape index (κ3) is 4.21. The highest BCUT2D eigenvalue weighted by Crippen LogP contribution is 2.30. The van der Waals surface area contributed by atoms with Crippen molar-refractivity contribution in [2.24, 2.45) is 0 Å². The van der Waals surface area contributed by atoms with E-state index < -0.39 is 0 Å². The maximum Gasteiger partial charge on any atom is 0.251 e. The van der Waals surface area contributed by atoms with Crippen LogP contribution >= 0.6 is 11.6 Å². The highest BCUT2D eigenvalue weighted by Gasteiger charge is 2.33. The molecule has 1 aliphatic carbocycles. The predicted octanol–water partition coefficient (Wildman–Crippen LogP) is 3.72. The molecule has 4 heteroatoms. The van der Waals surface area contributed by atoms with Crippen LogP contribution in [-0.2, 0) is 0 Å². The van der Waals surface area contributed by atoms with Crippen LogP contribution in [0, 0.1) is 0 Å². The Hall–Kier alpha value is -1.06. The minimum absolute atomic E-state index is 0.0389. The second kappa shape index (κ2) is 7.28. The largest absolute Gasteiger partial charge is 0.350 e. The van der Waals surface area contributed by atoms with Crippen molar-refractivity contribution >= 4 is 17.5 Å². The van der Waals surface area contributed by atoms with Crippen LogP contribution in [0.3, 0.4) is 0 Å². The van der Waals surface area contributed by atoms with E-state index in [1.807, 2.05) is 6.07 Å². The van der Waals surface area contributed by atoms with E-state index in [1.54, 1.807) is 18.2 Å². The summed E-state index contributed by atoms with van der Waals surface area (Å²) in [5, 5.41) is 3.70. The van der Waals surface area contributed by atoms with Crippen LogP contribution in [0.1, 0.15) is 48.9 Å². The first kappa shape index (κ1) is 16.3. The fourth-order valence-electron chi connectivity index (χ4n) is 3.15. The predicted molar refractivity (Wildman–Crippen MR) is 87.9 cm³/mol. The molecule has 1 N–H and O–H groups in total. The van der Waals surface area contributed by atoms with Gasteiger partial charge in [0, 0.05) is 22.7 Å². The average Bonchev–Trinajstić information content (AvgIpc) is 2.71. The van der Waals surface area contributed by atoms with Crippen molar-refractivity contribution in [2.75, 3.05) is 20.6 Å². The first-order chi connectivity index (χ1) is 10.0. The Morgan fingerprint density at radius 1 is 1.24 bits per heavy atom. The number of carbonyl (C=O) groups is 1. The molecule has 1 aromatic carbocycles. The van der Waals surface area contributed by atoms with Crippen LogP contribution in [0.4, 0.5) is 0 Å². The van der Waals surface area contributed by atoms with E-state index in [1.165, 1.54) is 25.7 Å². The van der Waals surface area contributed by atoms with Gasteiger partial charge in [-0.3, -0.25) is 4.79 Å². The van der Waals surface area contributed by atoms with Crippen molar-refractivity contribution in [1.82, 2.24) is 10.2 Å². The Morgan fingerprint density at radius 2 is 1.90 bits per heavy atom. The molecule has 0 spiro atoms. The molecule has 0 radical (unpaired) electrons. The van der Waals surface area contributed by atoms with Crippen LogP contribution in [0.5, 0.6) is 0 Å². The van der Waals surface area contributed by atoms with Gasteiger partial charge in [-0.15, -0.1) is 0 Å². The molecule has 0 aliphatic heterocycles. The first-order valence-electron chi connectivity index (χ1n) is 7.75. The number of carbonyl (C=O) groups excluding carboxylic acids is 1. The minimum Gasteiger partial charge on any atom is -0.350 e. The van der Waals surface area contributed by atoms with Crippen molar-refractivity contribution in [3.8, 4) is 0 Å². The molecule has 0 heterocycles. The third-order valence-corrected chi connectivity index (χ3v) is 4.88. The van der Waals surface area contributed by atoms with Gasteiger partial charge < -0.3 is 10.2 Å². The molecule has 1 fully saturated rings. The summed E-state index contributed by atoms with van der Waals surface area (Å²) in [6, 6.07) is 7.11. The molecule has 1 aliphatic rings. The van der Waals surface area contributed by atoms with E-state index in [9.17, 15) is 4.79 Å². The molecule has 0 atom stereocenters. The lowest BCUT2D eigenvalue weighted by Crippen LogP contribution is -2.52. The normalized spacial score (nSPS) is 18.3. The molecule has 0 bridgehead atoms. The second-order valence-electron chi connectivity index (χ2n) is 6.23. The summed E-state index contributed by atoms with van der Waals surface area (Å²) in [5.74, 6) is -0.0389. The molecular weight excluding hydrogens is 284 g/mol. The van der Waals surface area contributed by atoms with Gasteiger partial charge in [-0.25, -0.2) is 0 Å². The molecule has 3 nitrogen and oxygen atoms in total. The number of halogens is 1. The van der Waals surface area contributed by atoms with Gasteiger partial charge in [0.25, 0.3) is 5.91 Å². The van der Waals surface area contributed by atoms with Crippen LogP contribution in [0.2, 0.25) is 5.02 Å². The maximum absolute atomic E-state index is 12.3. The lowest BCUT2D eigenvalue weighted by atomic mass is 9.88. The van der Waals surface area contributed by atoms with Gasteiger partial charge in [0.05, 0.1) is 0 Å². The Bertz CT molecular complexity index is 479. The topological polar surface area (TPSA) is 32.3 Å². The molecule has 0 saturated heterocycles. The number of nitrogens with zero attached hydrogens (tertiary/aromatic N) is 1. The number of likely N-dealkylation sites (N-methyl/N-ethyl adjacent to an activating group) is 1. The van der Waals surface area contributed by atoms with Gasteiger partial charge in [0.1, 0.15) is 0 Å². The van der Waals surface area contributed by atoms with Crippen LogP contribution in [0.25, 0.3) is 0 Å². The van der Waals surface area contributed by atoms with Crippen molar-refractivity contribution in [3.05, 3.63) is 34.9 Å². The molecule has 2 rings (SSSR count). The van der Waals surface area contributed by atoms with Crippen molar-refractivity contribution < 1.29 is 4.79 Å². The standard InChI is InChI=1S/C17H25ClN2O/c1-20(2)17(10-5-3-4-6-11-17)13-19-16(21)14-8-7-9-15(18)12-14/h7-9,12H,3-6,10-11,13H2,1-2H3,(H,19,21). The average molecular weight is 309 g/mol. The Labute approximate surface area is 132 Å². The zero-order chi connectivity index (χ0) is 15.3. The van der Waals surface area contributed by atoms with E-state index >= 15 is 0 Å². The zero-order valence-corrected chi connectivity index (χ0v) is 13.7. The van der Waals surface area contributed by atoms with E-state index in [0.29, 0.717) is 17.1 Å². The second-order valence-corrected chi connectivity index (χ2v) is 6.66. The SMILES string of the molecule is CN(C)C1(CNC(=O)c2cccc(Cl)c2)CCCCCC1. The number of benzene rings is 1. The molecule has 1 amide bonds. The highest BCUT2D eigenvalue weighted by molar-refractivity contribution is 6.30. The summed E-state index contributed by atoms with van der Waals surface area (Å²) in [5.41, 5.74) is 0.718. The Morgan fingerprint density at radius 3 is 2.48 bits per heavy atom. The summed E-state index contributed by atoms with van der Waals surface area (Å²) >= 11 is 5.95. The van der Waals surface area contributed by atoms with Crippen molar-refractivity contribution in [3.63, 3.8) is 0 Å². The number of nitrogens with one attached hydrogen (secondary N) is 1. The number of amides is 1. The van der Waals surface area contributed by atoms with Crippen LogP contribution < -0.4 is 5.32 Å². The smallest absolute Gasteiger partial charge is 0.251 e. The van der Waals surface area contributed by atoms with Gasteiger partial charge in [-0.1, -0.05) is 43.4 Å². The zero-order valence-electron chi connectivity index (χ0n) is 13.0. The fraction of sp³-hybridized carbons (Fsp3) is 0.588. The first-order valence-corrected chi connectivity index (χ1v) is 8.12. The molecule has 0 aromatic heterocycles. The summed E-state index contributed by atoms with van der Waals surface area (Å²) in [4.78, 5) is 14.6. The van der Waals surface area contributed by atoms with Gasteiger partial charge in [-0.2, -0.15) is 0 Å². The summed E-state index contributed by atoms with van der Waals surface area (Å²) < 4.78 is 0. The minimum atomic E-state index is -0.0389. The lowest BCUT2D eigenvalue weighted by Gasteiger charge is -2.39. The van der Waals surface area contributed by atoms with Gasteiger partial charge >= 0.3 is 0 Å². The van der Waals surface area contributed by atoms with E-state index in [4.69, 9.17) is 11.6 Å². The van der Waals surface area contributed by atoms with Crippen LogP contribution in [-0.4, -0.2) is 37.0 Å². The van der Waals surface area contributed by atoms with Gasteiger partial charge in [-0.05, 0) is 45.1 Å². The van der Waals surface area contributed by atoms with E-state index in [2.05, 4.69) is 24.3 Å². The quantitative estimate of drug-likeness (QED) is 0.860. The lowest BCUT2D eigenvalue weighted by molar-refractivity contribution is 0.0869. The van der Waals surface area contributed by atoms with Gasteiger partial charge in [0.15, 0.2) is 0 Å². The van der Waals surface area contributed by atoms with Crippen molar-refractivity contribution in [1.29, 1.82) is 0 Å². The summed E-state index contributed by atoms with van der Waals surface area (Å²) in [6.07, 6.45) is 7.39. The third-order valence-electron chi connectivity index (χ3n) is 4.65. The molecule has 0 unspecified atom stereocenters. The molecule has 21 heavy (non-hydrogen) atoms. The summed E-state index contributed by atoms with van der Waals surface area (Å²) in [7, 11) is 4.24. The molecule has 116 valence electrons. The van der Waals surface area contributed by atoms with E-state index in [0.717, 1.165) is 12.8 Å². The molecule has 1 aromatic rings. The number of rotatable bonds is 4. The molecule has 1 saturated carbocycles. The fourth-order valence-corrected chi connectivity index (χ4v) is 3.34. The number of hydrogen-bond acceptors (Lipinski definition) is 2. The van der Waals surface area contributed by atoms with E-state index in [-0.39, 0.29) is 11.4 Å². The highest BCUT2D eigenvalue weighted by atomic mass is 35.5. The van der Waals surface area contributed by atoms with Crippen LogP contribution in [0.15, 0.2) is 24.3 Å². The molecular formula is C17H25ClN2O. The Balaban J connectivity index is 2.03. The number of hydrogen-bond donors (Lipinski definition) is 1. The van der Waals surface area contributed by atoms with Gasteiger partial charge in [0.2, 0.25) is 0 Å². The summed E-state index contributed by atoms with van der Waals surface area (Å²) in [6.45, 7) is 0.700. The monoisotopic (exact) mass is 308 g/mol. The maximum atomic E-state index is 12.3. The Kier molecular flexibility index (Phi) is 5.65. The van der Waals surface area contributed by atoms with Crippen molar-refractivity contribution in [2.45, 2.75) is 44.1 Å².